The number of aromatic nitrogens is 1. The fraction of sp³-hybridized carbons (Fsp3) is 0.500. The second-order valence-corrected chi connectivity index (χ2v) is 4.24. The van der Waals surface area contributed by atoms with Crippen molar-refractivity contribution < 1.29 is 0 Å². The first kappa shape index (κ1) is 13.8. The zero-order chi connectivity index (χ0) is 11.4. The van der Waals surface area contributed by atoms with Crippen LogP contribution in [0, 0.1) is 11.3 Å². The molecule has 1 aliphatic carbocycles. The Morgan fingerprint density at radius 1 is 1.41 bits per heavy atom. The Morgan fingerprint density at radius 2 is 2.18 bits per heavy atom. The van der Waals surface area contributed by atoms with Gasteiger partial charge in [-0.3, -0.25) is 0 Å². The number of hydrogen-bond donors (Lipinski definition) is 2. The molecular formula is C12H17ClN4. The number of pyridine rings is 1. The van der Waals surface area contributed by atoms with E-state index in [9.17, 15) is 0 Å². The van der Waals surface area contributed by atoms with Crippen LogP contribution < -0.4 is 11.1 Å². The molecule has 2 rings (SSSR count). The average Bonchev–Trinajstić information content (AvgIpc) is 2.32. The van der Waals surface area contributed by atoms with E-state index in [4.69, 9.17) is 11.0 Å². The van der Waals surface area contributed by atoms with E-state index in [-0.39, 0.29) is 24.5 Å². The van der Waals surface area contributed by atoms with Crippen LogP contribution >= 0.6 is 12.4 Å². The minimum Gasteiger partial charge on any atom is -0.366 e. The summed E-state index contributed by atoms with van der Waals surface area (Å²) < 4.78 is 0. The van der Waals surface area contributed by atoms with E-state index in [1.165, 1.54) is 12.8 Å². The fourth-order valence-corrected chi connectivity index (χ4v) is 2.11. The van der Waals surface area contributed by atoms with E-state index in [0.29, 0.717) is 5.56 Å². The summed E-state index contributed by atoms with van der Waals surface area (Å²) in [7, 11) is 0. The van der Waals surface area contributed by atoms with Gasteiger partial charge in [-0.05, 0) is 25.0 Å². The van der Waals surface area contributed by atoms with Crippen LogP contribution in [-0.4, -0.2) is 17.1 Å². The molecule has 4 nitrogen and oxygen atoms in total. The van der Waals surface area contributed by atoms with Gasteiger partial charge in [0.25, 0.3) is 0 Å². The summed E-state index contributed by atoms with van der Waals surface area (Å²) in [4.78, 5) is 4.20. The molecule has 1 saturated carbocycles. The highest BCUT2D eigenvalue weighted by atomic mass is 35.5. The van der Waals surface area contributed by atoms with Crippen LogP contribution in [-0.2, 0) is 0 Å². The van der Waals surface area contributed by atoms with Gasteiger partial charge in [0, 0.05) is 18.3 Å². The van der Waals surface area contributed by atoms with Gasteiger partial charge < -0.3 is 11.1 Å². The zero-order valence-corrected chi connectivity index (χ0v) is 10.4. The predicted octanol–water partition coefficient (Wildman–Crippen LogP) is 2.06. The van der Waals surface area contributed by atoms with Crippen LogP contribution in [0.15, 0.2) is 18.3 Å². The highest BCUT2D eigenvalue weighted by Gasteiger charge is 2.21. The Balaban J connectivity index is 0.00000144. The van der Waals surface area contributed by atoms with Gasteiger partial charge in [-0.2, -0.15) is 5.26 Å². The maximum atomic E-state index is 8.79. The van der Waals surface area contributed by atoms with E-state index < -0.39 is 0 Å². The van der Waals surface area contributed by atoms with Crippen LogP contribution in [0.25, 0.3) is 0 Å². The Labute approximate surface area is 108 Å². The van der Waals surface area contributed by atoms with Gasteiger partial charge in [0.05, 0.1) is 11.6 Å². The summed E-state index contributed by atoms with van der Waals surface area (Å²) >= 11 is 0. The van der Waals surface area contributed by atoms with Crippen molar-refractivity contribution in [3.8, 4) is 6.07 Å². The molecule has 0 amide bonds. The van der Waals surface area contributed by atoms with Crippen molar-refractivity contribution in [2.45, 2.75) is 37.8 Å². The van der Waals surface area contributed by atoms with E-state index in [0.717, 1.165) is 18.7 Å². The third-order valence-corrected chi connectivity index (χ3v) is 3.04. The number of nitrogens with two attached hydrogens (primary N) is 1. The number of nitrogens with zero attached hydrogens (tertiary/aromatic N) is 2. The molecule has 0 aromatic carbocycles. The largest absolute Gasteiger partial charge is 0.366 e. The molecule has 0 bridgehead atoms. The molecule has 17 heavy (non-hydrogen) atoms. The van der Waals surface area contributed by atoms with Crippen molar-refractivity contribution in [3.63, 3.8) is 0 Å². The monoisotopic (exact) mass is 252 g/mol. The summed E-state index contributed by atoms with van der Waals surface area (Å²) in [6, 6.07) is 6.05. The Morgan fingerprint density at radius 3 is 2.88 bits per heavy atom. The molecule has 0 radical (unpaired) electrons. The SMILES string of the molecule is Cl.N#Cc1ccnc(NC2CCCCC2N)c1. The smallest absolute Gasteiger partial charge is 0.127 e. The summed E-state index contributed by atoms with van der Waals surface area (Å²) in [5.74, 6) is 0.751. The molecule has 1 aliphatic rings. The van der Waals surface area contributed by atoms with Crippen molar-refractivity contribution in [1.82, 2.24) is 4.98 Å². The standard InChI is InChI=1S/C12H16N4.ClH/c13-8-9-5-6-15-12(7-9)16-11-4-2-1-3-10(11)14;/h5-7,10-11H,1-4,14H2,(H,15,16);1H. The Hall–Kier alpha value is -1.31. The topological polar surface area (TPSA) is 74.7 Å². The first-order chi connectivity index (χ1) is 7.79. The number of hydrogen-bond acceptors (Lipinski definition) is 4. The lowest BCUT2D eigenvalue weighted by molar-refractivity contribution is 0.403. The number of halogens is 1. The number of nitrogens with one attached hydrogen (secondary N) is 1. The van der Waals surface area contributed by atoms with Crippen molar-refractivity contribution in [2.24, 2.45) is 5.73 Å². The van der Waals surface area contributed by atoms with Crippen molar-refractivity contribution >= 4 is 18.2 Å². The second-order valence-electron chi connectivity index (χ2n) is 4.24. The maximum absolute atomic E-state index is 8.79. The van der Waals surface area contributed by atoms with Crippen LogP contribution in [0.3, 0.4) is 0 Å². The molecule has 2 unspecified atom stereocenters. The highest BCUT2D eigenvalue weighted by Crippen LogP contribution is 2.20. The van der Waals surface area contributed by atoms with Gasteiger partial charge in [0.1, 0.15) is 5.82 Å². The van der Waals surface area contributed by atoms with Gasteiger partial charge in [-0.1, -0.05) is 12.8 Å². The minimum atomic E-state index is 0. The third kappa shape index (κ3) is 3.58. The lowest BCUT2D eigenvalue weighted by Crippen LogP contribution is -2.42. The lowest BCUT2D eigenvalue weighted by Gasteiger charge is -2.29. The van der Waals surface area contributed by atoms with Gasteiger partial charge in [0.2, 0.25) is 0 Å². The number of rotatable bonds is 2. The van der Waals surface area contributed by atoms with Crippen LogP contribution in [0.5, 0.6) is 0 Å². The summed E-state index contributed by atoms with van der Waals surface area (Å²) in [5, 5.41) is 12.1. The number of anilines is 1. The van der Waals surface area contributed by atoms with Gasteiger partial charge in [-0.25, -0.2) is 4.98 Å². The molecule has 1 aromatic heterocycles. The molecule has 1 fully saturated rings. The molecule has 0 aliphatic heterocycles. The van der Waals surface area contributed by atoms with Crippen LogP contribution in [0.1, 0.15) is 31.2 Å². The van der Waals surface area contributed by atoms with Crippen molar-refractivity contribution in [2.75, 3.05) is 5.32 Å². The first-order valence-electron chi connectivity index (χ1n) is 5.68. The van der Waals surface area contributed by atoms with Crippen LogP contribution in [0.2, 0.25) is 0 Å². The third-order valence-electron chi connectivity index (χ3n) is 3.04. The summed E-state index contributed by atoms with van der Waals surface area (Å²) in [6.07, 6.45) is 6.22. The maximum Gasteiger partial charge on any atom is 0.127 e. The molecule has 1 heterocycles. The molecule has 1 aromatic rings. The summed E-state index contributed by atoms with van der Waals surface area (Å²) in [5.41, 5.74) is 6.67. The number of nitriles is 1. The highest BCUT2D eigenvalue weighted by molar-refractivity contribution is 5.85. The van der Waals surface area contributed by atoms with Crippen molar-refractivity contribution in [1.29, 1.82) is 5.26 Å². The van der Waals surface area contributed by atoms with E-state index in [1.54, 1.807) is 18.3 Å². The molecule has 92 valence electrons. The van der Waals surface area contributed by atoms with Gasteiger partial charge >= 0.3 is 0 Å². The minimum absolute atomic E-state index is 0. The average molecular weight is 253 g/mol. The molecule has 5 heteroatoms. The molecule has 0 spiro atoms. The van der Waals surface area contributed by atoms with E-state index in [1.807, 2.05) is 0 Å². The first-order valence-corrected chi connectivity index (χ1v) is 5.68. The van der Waals surface area contributed by atoms with Crippen molar-refractivity contribution in [3.05, 3.63) is 23.9 Å². The molecule has 3 N–H and O–H groups in total. The molecule has 0 saturated heterocycles. The zero-order valence-electron chi connectivity index (χ0n) is 9.60. The molecular weight excluding hydrogens is 236 g/mol. The van der Waals surface area contributed by atoms with Crippen LogP contribution in [0.4, 0.5) is 5.82 Å². The normalized spacial score (nSPS) is 23.3. The Kier molecular flexibility index (Phi) is 5.20. The van der Waals surface area contributed by atoms with E-state index in [2.05, 4.69) is 16.4 Å². The van der Waals surface area contributed by atoms with E-state index >= 15 is 0 Å². The fourth-order valence-electron chi connectivity index (χ4n) is 2.11. The predicted molar refractivity (Wildman–Crippen MR) is 70.1 cm³/mol. The Bertz CT molecular complexity index is 402. The second kappa shape index (κ2) is 6.43. The summed E-state index contributed by atoms with van der Waals surface area (Å²) in [6.45, 7) is 0. The molecule has 2 atom stereocenters. The quantitative estimate of drug-likeness (QED) is 0.845. The van der Waals surface area contributed by atoms with Gasteiger partial charge in [0.15, 0.2) is 0 Å². The lowest BCUT2D eigenvalue weighted by atomic mass is 9.91. The van der Waals surface area contributed by atoms with Gasteiger partial charge in [-0.15, -0.1) is 12.4 Å².